The predicted molar refractivity (Wildman–Crippen MR) is 127 cm³/mol. The Hall–Kier alpha value is -2.68. The van der Waals surface area contributed by atoms with Crippen molar-refractivity contribution in [2.75, 3.05) is 19.8 Å². The van der Waals surface area contributed by atoms with Gasteiger partial charge in [0, 0.05) is 25.4 Å². The number of aromatic nitrogens is 1. The quantitative estimate of drug-likeness (QED) is 0.495. The SMILES string of the molecule is CCOC(=O)c1[nH]c(C)c(CN(C[C@H]2CCCO2)S(=O)(=O)c2ccc3ccccc3c2)c1C. The average Bonchev–Trinajstić information content (AvgIpc) is 3.41. The van der Waals surface area contributed by atoms with E-state index in [2.05, 4.69) is 4.98 Å². The summed E-state index contributed by atoms with van der Waals surface area (Å²) in [5, 5.41) is 1.85. The number of rotatable bonds is 8. The van der Waals surface area contributed by atoms with E-state index in [-0.39, 0.29) is 30.7 Å². The van der Waals surface area contributed by atoms with E-state index in [4.69, 9.17) is 9.47 Å². The highest BCUT2D eigenvalue weighted by Crippen LogP contribution is 2.28. The van der Waals surface area contributed by atoms with Crippen molar-refractivity contribution in [3.63, 3.8) is 0 Å². The van der Waals surface area contributed by atoms with Crippen LogP contribution in [-0.4, -0.2) is 49.5 Å². The maximum atomic E-state index is 13.8. The fraction of sp³-hybridized carbons (Fsp3) is 0.400. The van der Waals surface area contributed by atoms with E-state index in [9.17, 15) is 13.2 Å². The minimum absolute atomic E-state index is 0.141. The lowest BCUT2D eigenvalue weighted by atomic mass is 10.1. The van der Waals surface area contributed by atoms with Crippen LogP contribution in [0.1, 0.15) is 47.1 Å². The molecule has 1 N–H and O–H groups in total. The van der Waals surface area contributed by atoms with Gasteiger partial charge in [-0.1, -0.05) is 30.3 Å². The Kier molecular flexibility index (Phi) is 6.88. The molecule has 2 heterocycles. The number of carbonyl (C=O) groups is 1. The van der Waals surface area contributed by atoms with Gasteiger partial charge >= 0.3 is 5.97 Å². The molecular weight excluding hydrogens is 440 g/mol. The van der Waals surface area contributed by atoms with Crippen LogP contribution < -0.4 is 0 Å². The third kappa shape index (κ3) is 4.83. The molecule has 0 radical (unpaired) electrons. The minimum atomic E-state index is -3.81. The number of sulfonamides is 1. The van der Waals surface area contributed by atoms with Crippen LogP contribution in [-0.2, 0) is 26.0 Å². The topological polar surface area (TPSA) is 88.7 Å². The van der Waals surface area contributed by atoms with Crippen molar-refractivity contribution in [3.05, 3.63) is 65.0 Å². The third-order valence-electron chi connectivity index (χ3n) is 6.20. The number of nitrogens with one attached hydrogen (secondary N) is 1. The molecule has 0 saturated carbocycles. The van der Waals surface area contributed by atoms with Gasteiger partial charge in [0.1, 0.15) is 5.69 Å². The predicted octanol–water partition coefficient (Wildman–Crippen LogP) is 4.33. The third-order valence-corrected chi connectivity index (χ3v) is 8.00. The zero-order valence-electron chi connectivity index (χ0n) is 19.3. The summed E-state index contributed by atoms with van der Waals surface area (Å²) in [5.74, 6) is -0.438. The molecule has 3 aromatic rings. The second-order valence-electron chi connectivity index (χ2n) is 8.39. The number of aromatic amines is 1. The molecule has 0 unspecified atom stereocenters. The number of ether oxygens (including phenoxy) is 2. The van der Waals surface area contributed by atoms with Crippen molar-refractivity contribution >= 4 is 26.8 Å². The number of fused-ring (bicyclic) bond motifs is 1. The van der Waals surface area contributed by atoms with Crippen LogP contribution in [0.2, 0.25) is 0 Å². The molecule has 1 atom stereocenters. The number of aryl methyl sites for hydroxylation is 1. The van der Waals surface area contributed by atoms with E-state index in [0.29, 0.717) is 17.9 Å². The Balaban J connectivity index is 1.71. The molecule has 7 nitrogen and oxygen atoms in total. The zero-order chi connectivity index (χ0) is 23.6. The molecule has 1 aromatic heterocycles. The summed E-state index contributed by atoms with van der Waals surface area (Å²) in [6.07, 6.45) is 1.59. The zero-order valence-corrected chi connectivity index (χ0v) is 20.1. The molecule has 0 amide bonds. The van der Waals surface area contributed by atoms with Crippen LogP contribution in [0.4, 0.5) is 0 Å². The fourth-order valence-corrected chi connectivity index (χ4v) is 5.83. The maximum Gasteiger partial charge on any atom is 0.355 e. The van der Waals surface area contributed by atoms with Crippen LogP contribution in [0.15, 0.2) is 47.4 Å². The van der Waals surface area contributed by atoms with Gasteiger partial charge in [-0.3, -0.25) is 0 Å². The minimum Gasteiger partial charge on any atom is -0.461 e. The number of hydrogen-bond donors (Lipinski definition) is 1. The van der Waals surface area contributed by atoms with Gasteiger partial charge in [0.2, 0.25) is 10.0 Å². The van der Waals surface area contributed by atoms with Gasteiger partial charge in [0.05, 0.1) is 17.6 Å². The van der Waals surface area contributed by atoms with Gasteiger partial charge in [-0.15, -0.1) is 0 Å². The van der Waals surface area contributed by atoms with Crippen LogP contribution in [0, 0.1) is 13.8 Å². The highest BCUT2D eigenvalue weighted by Gasteiger charge is 2.31. The Labute approximate surface area is 194 Å². The molecule has 1 saturated heterocycles. The van der Waals surface area contributed by atoms with E-state index in [1.807, 2.05) is 44.2 Å². The molecule has 1 fully saturated rings. The lowest BCUT2D eigenvalue weighted by Crippen LogP contribution is -2.37. The standard InChI is InChI=1S/C25H30N2O5S/c1-4-31-25(28)24-17(2)23(18(3)26-24)16-27(15-21-10-7-13-32-21)33(29,30)22-12-11-19-8-5-6-9-20(19)14-22/h5-6,8-9,11-12,14,21,26H,4,7,10,13,15-16H2,1-3H3/t21-/m1/s1. The molecule has 0 bridgehead atoms. The Morgan fingerprint density at radius 2 is 1.94 bits per heavy atom. The van der Waals surface area contributed by atoms with Gasteiger partial charge in [0.15, 0.2) is 0 Å². The molecular formula is C25H30N2O5S. The number of esters is 1. The number of hydrogen-bond acceptors (Lipinski definition) is 5. The van der Waals surface area contributed by atoms with Gasteiger partial charge in [-0.2, -0.15) is 4.31 Å². The first-order valence-corrected chi connectivity index (χ1v) is 12.7. The summed E-state index contributed by atoms with van der Waals surface area (Å²) in [5.41, 5.74) is 2.60. The van der Waals surface area contributed by atoms with Crippen LogP contribution in [0.3, 0.4) is 0 Å². The summed E-state index contributed by atoms with van der Waals surface area (Å²) in [6, 6.07) is 12.9. The van der Waals surface area contributed by atoms with Crippen molar-refractivity contribution in [2.24, 2.45) is 0 Å². The Morgan fingerprint density at radius 3 is 2.64 bits per heavy atom. The highest BCUT2D eigenvalue weighted by atomic mass is 32.2. The normalized spacial score (nSPS) is 16.5. The second-order valence-corrected chi connectivity index (χ2v) is 10.3. The van der Waals surface area contributed by atoms with E-state index in [1.54, 1.807) is 19.1 Å². The van der Waals surface area contributed by atoms with Gasteiger partial charge in [-0.25, -0.2) is 13.2 Å². The Morgan fingerprint density at radius 1 is 1.18 bits per heavy atom. The first-order valence-electron chi connectivity index (χ1n) is 11.3. The number of nitrogens with zero attached hydrogens (tertiary/aromatic N) is 1. The van der Waals surface area contributed by atoms with Gasteiger partial charge in [-0.05, 0) is 67.6 Å². The van der Waals surface area contributed by atoms with E-state index < -0.39 is 16.0 Å². The monoisotopic (exact) mass is 470 g/mol. The summed E-state index contributed by atoms with van der Waals surface area (Å²) in [6.45, 7) is 6.73. The average molecular weight is 471 g/mol. The molecule has 33 heavy (non-hydrogen) atoms. The van der Waals surface area contributed by atoms with Crippen molar-refractivity contribution < 1.29 is 22.7 Å². The van der Waals surface area contributed by atoms with Gasteiger partial charge < -0.3 is 14.5 Å². The maximum absolute atomic E-state index is 13.8. The summed E-state index contributed by atoms with van der Waals surface area (Å²) in [7, 11) is -3.81. The highest BCUT2D eigenvalue weighted by molar-refractivity contribution is 7.89. The van der Waals surface area contributed by atoms with Crippen LogP contribution >= 0.6 is 0 Å². The number of benzene rings is 2. The lowest BCUT2D eigenvalue weighted by molar-refractivity contribution is 0.0519. The summed E-state index contributed by atoms with van der Waals surface area (Å²) < 4.78 is 40.0. The van der Waals surface area contributed by atoms with E-state index in [1.165, 1.54) is 4.31 Å². The van der Waals surface area contributed by atoms with Crippen molar-refractivity contribution in [3.8, 4) is 0 Å². The summed E-state index contributed by atoms with van der Waals surface area (Å²) >= 11 is 0. The molecule has 176 valence electrons. The molecule has 4 rings (SSSR count). The smallest absolute Gasteiger partial charge is 0.355 e. The van der Waals surface area contributed by atoms with Crippen molar-refractivity contribution in [1.29, 1.82) is 0 Å². The first kappa shape index (κ1) is 23.5. The largest absolute Gasteiger partial charge is 0.461 e. The van der Waals surface area contributed by atoms with Crippen molar-refractivity contribution in [1.82, 2.24) is 9.29 Å². The van der Waals surface area contributed by atoms with E-state index >= 15 is 0 Å². The lowest BCUT2D eigenvalue weighted by Gasteiger charge is -2.25. The molecule has 1 aliphatic rings. The fourth-order valence-electron chi connectivity index (χ4n) is 4.35. The molecule has 2 aromatic carbocycles. The molecule has 0 spiro atoms. The first-order chi connectivity index (χ1) is 15.8. The number of H-pyrrole nitrogens is 1. The Bertz CT molecular complexity index is 1260. The van der Waals surface area contributed by atoms with Crippen LogP contribution in [0.25, 0.3) is 10.8 Å². The van der Waals surface area contributed by atoms with E-state index in [0.717, 1.165) is 34.9 Å². The van der Waals surface area contributed by atoms with Crippen LogP contribution in [0.5, 0.6) is 0 Å². The number of carbonyl (C=O) groups excluding carboxylic acids is 1. The van der Waals surface area contributed by atoms with Crippen molar-refractivity contribution in [2.45, 2.75) is 51.2 Å². The molecule has 8 heteroatoms. The van der Waals surface area contributed by atoms with Gasteiger partial charge in [0.25, 0.3) is 0 Å². The molecule has 1 aliphatic heterocycles. The summed E-state index contributed by atoms with van der Waals surface area (Å²) in [4.78, 5) is 15.7. The second kappa shape index (κ2) is 9.67. The molecule has 0 aliphatic carbocycles.